The molecule has 1 aliphatic heterocycles. The highest BCUT2D eigenvalue weighted by Gasteiger charge is 2.27. The van der Waals surface area contributed by atoms with Crippen LogP contribution in [-0.2, 0) is 0 Å². The van der Waals surface area contributed by atoms with Crippen molar-refractivity contribution in [1.82, 2.24) is 0 Å². The van der Waals surface area contributed by atoms with Crippen LogP contribution in [0.1, 0.15) is 15.9 Å². The molecular formula is C10H10O5. The van der Waals surface area contributed by atoms with E-state index in [1.54, 1.807) is 13.0 Å². The highest BCUT2D eigenvalue weighted by Crippen LogP contribution is 2.42. The van der Waals surface area contributed by atoms with Crippen LogP contribution in [0.25, 0.3) is 0 Å². The molecule has 0 saturated heterocycles. The van der Waals surface area contributed by atoms with Gasteiger partial charge in [0.25, 0.3) is 0 Å². The van der Waals surface area contributed by atoms with E-state index in [-0.39, 0.29) is 18.1 Å². The monoisotopic (exact) mass is 210 g/mol. The van der Waals surface area contributed by atoms with Crippen LogP contribution in [0, 0.1) is 6.92 Å². The molecule has 0 amide bonds. The van der Waals surface area contributed by atoms with Gasteiger partial charge >= 0.3 is 5.97 Å². The molecule has 2 rings (SSSR count). The van der Waals surface area contributed by atoms with Gasteiger partial charge in [0.1, 0.15) is 11.3 Å². The zero-order chi connectivity index (χ0) is 11.0. The third-order valence-electron chi connectivity index (χ3n) is 2.22. The van der Waals surface area contributed by atoms with Crippen molar-refractivity contribution < 1.29 is 24.1 Å². The Hall–Kier alpha value is -1.91. The average molecular weight is 210 g/mol. The Balaban J connectivity index is 2.71. The predicted octanol–water partition coefficient (Wildman–Crippen LogP) is 1.43. The minimum atomic E-state index is -1.09. The van der Waals surface area contributed by atoms with Gasteiger partial charge < -0.3 is 19.3 Å². The van der Waals surface area contributed by atoms with Crippen molar-refractivity contribution in [2.75, 3.05) is 13.9 Å². The molecule has 0 radical (unpaired) electrons. The lowest BCUT2D eigenvalue weighted by atomic mass is 10.1. The van der Waals surface area contributed by atoms with Gasteiger partial charge in [-0.2, -0.15) is 0 Å². The third-order valence-corrected chi connectivity index (χ3v) is 2.22. The molecule has 0 spiro atoms. The van der Waals surface area contributed by atoms with E-state index in [1.165, 1.54) is 7.11 Å². The predicted molar refractivity (Wildman–Crippen MR) is 50.8 cm³/mol. The summed E-state index contributed by atoms with van der Waals surface area (Å²) >= 11 is 0. The number of benzene rings is 1. The SMILES string of the molecule is COc1c(C)cc2c(c1C(=O)O)OCO2. The van der Waals surface area contributed by atoms with Gasteiger partial charge in [0.15, 0.2) is 11.5 Å². The second kappa shape index (κ2) is 3.34. The largest absolute Gasteiger partial charge is 0.495 e. The van der Waals surface area contributed by atoms with Gasteiger partial charge in [-0.25, -0.2) is 4.79 Å². The molecule has 0 unspecified atom stereocenters. The first-order valence-corrected chi connectivity index (χ1v) is 4.35. The topological polar surface area (TPSA) is 65.0 Å². The smallest absolute Gasteiger partial charge is 0.343 e. The number of rotatable bonds is 2. The summed E-state index contributed by atoms with van der Waals surface area (Å²) in [5.74, 6) is -0.0836. The number of carboxylic acid groups (broad SMARTS) is 1. The number of carbonyl (C=O) groups is 1. The molecular weight excluding hydrogens is 200 g/mol. The maximum atomic E-state index is 11.1. The van der Waals surface area contributed by atoms with Crippen molar-refractivity contribution in [3.63, 3.8) is 0 Å². The zero-order valence-corrected chi connectivity index (χ0v) is 8.36. The number of aromatic carboxylic acids is 1. The number of aryl methyl sites for hydroxylation is 1. The molecule has 1 heterocycles. The lowest BCUT2D eigenvalue weighted by molar-refractivity contribution is 0.0688. The molecule has 15 heavy (non-hydrogen) atoms. The summed E-state index contributed by atoms with van der Waals surface area (Å²) in [7, 11) is 1.43. The Bertz CT molecular complexity index is 421. The summed E-state index contributed by atoms with van der Waals surface area (Å²) in [6, 6.07) is 1.70. The molecule has 1 aromatic rings. The number of hydrogen-bond acceptors (Lipinski definition) is 4. The highest BCUT2D eigenvalue weighted by atomic mass is 16.7. The molecule has 0 fully saturated rings. The molecule has 0 aromatic heterocycles. The van der Waals surface area contributed by atoms with Crippen LogP contribution in [-0.4, -0.2) is 25.0 Å². The second-order valence-electron chi connectivity index (χ2n) is 3.14. The minimum absolute atomic E-state index is 0.0185. The first kappa shape index (κ1) is 9.64. The van der Waals surface area contributed by atoms with Crippen LogP contribution in [0.5, 0.6) is 17.2 Å². The van der Waals surface area contributed by atoms with Crippen molar-refractivity contribution in [1.29, 1.82) is 0 Å². The quantitative estimate of drug-likeness (QED) is 0.799. The second-order valence-corrected chi connectivity index (χ2v) is 3.14. The maximum absolute atomic E-state index is 11.1. The van der Waals surface area contributed by atoms with Gasteiger partial charge in [-0.05, 0) is 18.6 Å². The molecule has 1 N–H and O–H groups in total. The van der Waals surface area contributed by atoms with Crippen molar-refractivity contribution in [2.45, 2.75) is 6.92 Å². The van der Waals surface area contributed by atoms with Crippen molar-refractivity contribution >= 4 is 5.97 Å². The summed E-state index contributed by atoms with van der Waals surface area (Å²) < 4.78 is 15.3. The Labute approximate surface area is 86.2 Å². The summed E-state index contributed by atoms with van der Waals surface area (Å²) in [5.41, 5.74) is 0.726. The molecule has 5 heteroatoms. The van der Waals surface area contributed by atoms with Crippen LogP contribution >= 0.6 is 0 Å². The van der Waals surface area contributed by atoms with E-state index in [0.717, 1.165) is 0 Å². The minimum Gasteiger partial charge on any atom is -0.495 e. The Morgan fingerprint density at radius 3 is 2.87 bits per heavy atom. The van der Waals surface area contributed by atoms with Gasteiger partial charge in [0, 0.05) is 0 Å². The Morgan fingerprint density at radius 1 is 1.53 bits per heavy atom. The number of hydrogen-bond donors (Lipinski definition) is 1. The van der Waals surface area contributed by atoms with Crippen LogP contribution in [0.15, 0.2) is 6.07 Å². The van der Waals surface area contributed by atoms with Gasteiger partial charge in [-0.3, -0.25) is 0 Å². The summed E-state index contributed by atoms with van der Waals surface area (Å²) in [5, 5.41) is 9.07. The lowest BCUT2D eigenvalue weighted by Crippen LogP contribution is -2.04. The molecule has 80 valence electrons. The standard InChI is InChI=1S/C10H10O5/c1-5-3-6-9(15-4-14-6)7(10(11)12)8(5)13-2/h3H,4H2,1-2H3,(H,11,12). The Morgan fingerprint density at radius 2 is 2.27 bits per heavy atom. The van der Waals surface area contributed by atoms with Crippen molar-refractivity contribution in [3.05, 3.63) is 17.2 Å². The normalized spacial score (nSPS) is 12.7. The van der Waals surface area contributed by atoms with Gasteiger partial charge in [-0.1, -0.05) is 0 Å². The van der Waals surface area contributed by atoms with Crippen LogP contribution in [0.4, 0.5) is 0 Å². The van der Waals surface area contributed by atoms with Crippen LogP contribution in [0.2, 0.25) is 0 Å². The number of fused-ring (bicyclic) bond motifs is 1. The van der Waals surface area contributed by atoms with E-state index in [2.05, 4.69) is 0 Å². The fourth-order valence-corrected chi connectivity index (χ4v) is 1.61. The number of methoxy groups -OCH3 is 1. The first-order valence-electron chi connectivity index (χ1n) is 4.35. The highest BCUT2D eigenvalue weighted by molar-refractivity contribution is 5.96. The van der Waals surface area contributed by atoms with E-state index in [4.69, 9.17) is 19.3 Å². The van der Waals surface area contributed by atoms with Crippen molar-refractivity contribution in [2.24, 2.45) is 0 Å². The fraction of sp³-hybridized carbons (Fsp3) is 0.300. The van der Waals surface area contributed by atoms with E-state index in [9.17, 15) is 4.79 Å². The lowest BCUT2D eigenvalue weighted by Gasteiger charge is -2.10. The van der Waals surface area contributed by atoms with Gasteiger partial charge in [0.2, 0.25) is 6.79 Å². The van der Waals surface area contributed by atoms with Crippen LogP contribution in [0.3, 0.4) is 0 Å². The molecule has 0 aliphatic carbocycles. The molecule has 1 aromatic carbocycles. The molecule has 0 atom stereocenters. The van der Waals surface area contributed by atoms with Gasteiger partial charge in [0.05, 0.1) is 7.11 Å². The van der Waals surface area contributed by atoms with E-state index >= 15 is 0 Å². The van der Waals surface area contributed by atoms with Crippen molar-refractivity contribution in [3.8, 4) is 17.2 Å². The average Bonchev–Trinajstić information content (AvgIpc) is 2.62. The zero-order valence-electron chi connectivity index (χ0n) is 8.36. The van der Waals surface area contributed by atoms with E-state index < -0.39 is 5.97 Å². The maximum Gasteiger partial charge on any atom is 0.343 e. The van der Waals surface area contributed by atoms with E-state index in [1.807, 2.05) is 0 Å². The summed E-state index contributed by atoms with van der Waals surface area (Å²) in [4.78, 5) is 11.1. The Kier molecular flexibility index (Phi) is 2.15. The summed E-state index contributed by atoms with van der Waals surface area (Å²) in [6.07, 6.45) is 0. The van der Waals surface area contributed by atoms with Gasteiger partial charge in [-0.15, -0.1) is 0 Å². The molecule has 1 aliphatic rings. The third kappa shape index (κ3) is 1.36. The molecule has 0 saturated carbocycles. The van der Waals surface area contributed by atoms with E-state index in [0.29, 0.717) is 17.1 Å². The van der Waals surface area contributed by atoms with Crippen LogP contribution < -0.4 is 14.2 Å². The summed E-state index contributed by atoms with van der Waals surface area (Å²) in [6.45, 7) is 1.80. The molecule has 0 bridgehead atoms. The first-order chi connectivity index (χ1) is 7.15. The molecule has 5 nitrogen and oxygen atoms in total. The fourth-order valence-electron chi connectivity index (χ4n) is 1.61. The number of ether oxygens (including phenoxy) is 3. The number of carboxylic acids is 1.